The fraction of sp³-hybridized carbons (Fsp3) is 0.100. The Morgan fingerprint density at radius 2 is 2.07 bits per heavy atom. The molecule has 4 heteroatoms. The summed E-state index contributed by atoms with van der Waals surface area (Å²) in [5, 5.41) is 3.66. The SMILES string of the molecule is O=CCc1noc(-c2ccccc2)n1. The van der Waals surface area contributed by atoms with E-state index < -0.39 is 0 Å². The summed E-state index contributed by atoms with van der Waals surface area (Å²) in [4.78, 5) is 14.3. The first-order valence-electron chi connectivity index (χ1n) is 4.22. The van der Waals surface area contributed by atoms with Crippen LogP contribution < -0.4 is 0 Å². The van der Waals surface area contributed by atoms with E-state index in [4.69, 9.17) is 4.52 Å². The maximum atomic E-state index is 10.2. The van der Waals surface area contributed by atoms with Crippen LogP contribution in [-0.4, -0.2) is 16.4 Å². The van der Waals surface area contributed by atoms with Crippen LogP contribution in [0.3, 0.4) is 0 Å². The lowest BCUT2D eigenvalue weighted by molar-refractivity contribution is -0.107. The van der Waals surface area contributed by atoms with Gasteiger partial charge in [0.25, 0.3) is 5.89 Å². The Hall–Kier alpha value is -1.97. The summed E-state index contributed by atoms with van der Waals surface area (Å²) in [7, 11) is 0. The van der Waals surface area contributed by atoms with Crippen molar-refractivity contribution in [3.63, 3.8) is 0 Å². The molecule has 14 heavy (non-hydrogen) atoms. The van der Waals surface area contributed by atoms with Crippen molar-refractivity contribution in [1.82, 2.24) is 10.1 Å². The summed E-state index contributed by atoms with van der Waals surface area (Å²) in [6.45, 7) is 0. The third kappa shape index (κ3) is 1.69. The van der Waals surface area contributed by atoms with E-state index in [9.17, 15) is 4.79 Å². The highest BCUT2D eigenvalue weighted by Crippen LogP contribution is 2.15. The number of nitrogens with zero attached hydrogens (tertiary/aromatic N) is 2. The zero-order valence-corrected chi connectivity index (χ0v) is 7.38. The second-order valence-electron chi connectivity index (χ2n) is 2.75. The van der Waals surface area contributed by atoms with E-state index in [2.05, 4.69) is 10.1 Å². The monoisotopic (exact) mass is 188 g/mol. The first-order chi connectivity index (χ1) is 6.90. The molecule has 0 aliphatic heterocycles. The lowest BCUT2D eigenvalue weighted by atomic mass is 10.2. The Morgan fingerprint density at radius 1 is 1.29 bits per heavy atom. The minimum atomic E-state index is 0.191. The molecule has 0 atom stereocenters. The van der Waals surface area contributed by atoms with E-state index in [1.165, 1.54) is 0 Å². The summed E-state index contributed by atoms with van der Waals surface area (Å²) in [6.07, 6.45) is 0.940. The van der Waals surface area contributed by atoms with Crippen molar-refractivity contribution in [2.24, 2.45) is 0 Å². The Labute approximate surface area is 80.6 Å². The van der Waals surface area contributed by atoms with Crippen LogP contribution >= 0.6 is 0 Å². The standard InChI is InChI=1S/C10H8N2O2/c13-7-6-9-11-10(14-12-9)8-4-2-1-3-5-8/h1-5,7H,6H2. The van der Waals surface area contributed by atoms with Gasteiger partial charge in [-0.2, -0.15) is 4.98 Å². The summed E-state index contributed by atoms with van der Waals surface area (Å²) in [5.74, 6) is 0.862. The number of aromatic nitrogens is 2. The lowest BCUT2D eigenvalue weighted by Gasteiger charge is -1.89. The molecular formula is C10H8N2O2. The van der Waals surface area contributed by atoms with Gasteiger partial charge in [-0.25, -0.2) is 0 Å². The highest BCUT2D eigenvalue weighted by molar-refractivity contribution is 5.55. The second-order valence-corrected chi connectivity index (χ2v) is 2.75. The van der Waals surface area contributed by atoms with Crippen LogP contribution in [0.25, 0.3) is 11.5 Å². The molecule has 0 saturated heterocycles. The van der Waals surface area contributed by atoms with Crippen LogP contribution in [0.2, 0.25) is 0 Å². The van der Waals surface area contributed by atoms with Gasteiger partial charge >= 0.3 is 0 Å². The number of benzene rings is 1. The van der Waals surface area contributed by atoms with Crippen molar-refractivity contribution < 1.29 is 9.32 Å². The first kappa shape index (κ1) is 8.62. The number of rotatable bonds is 3. The van der Waals surface area contributed by atoms with Crippen LogP contribution in [0.1, 0.15) is 5.82 Å². The minimum Gasteiger partial charge on any atom is -0.334 e. The van der Waals surface area contributed by atoms with Crippen LogP contribution in [0.15, 0.2) is 34.9 Å². The highest BCUT2D eigenvalue weighted by Gasteiger charge is 2.06. The molecule has 0 N–H and O–H groups in total. The molecule has 0 fully saturated rings. The Morgan fingerprint density at radius 3 is 2.79 bits per heavy atom. The fourth-order valence-electron chi connectivity index (χ4n) is 1.11. The van der Waals surface area contributed by atoms with E-state index in [1.54, 1.807) is 0 Å². The average molecular weight is 188 g/mol. The van der Waals surface area contributed by atoms with Gasteiger partial charge in [-0.3, -0.25) is 0 Å². The molecule has 0 saturated carbocycles. The Bertz CT molecular complexity index is 423. The summed E-state index contributed by atoms with van der Waals surface area (Å²) >= 11 is 0. The molecular weight excluding hydrogens is 180 g/mol. The number of carbonyl (C=O) groups excluding carboxylic acids is 1. The molecule has 0 bridgehead atoms. The smallest absolute Gasteiger partial charge is 0.257 e. The molecule has 1 aromatic heterocycles. The van der Waals surface area contributed by atoms with Crippen molar-refractivity contribution >= 4 is 6.29 Å². The van der Waals surface area contributed by atoms with Crippen molar-refractivity contribution in [2.75, 3.05) is 0 Å². The topological polar surface area (TPSA) is 56.0 Å². The Kier molecular flexibility index (Phi) is 2.36. The van der Waals surface area contributed by atoms with Crippen molar-refractivity contribution in [3.8, 4) is 11.5 Å². The average Bonchev–Trinajstić information content (AvgIpc) is 2.68. The molecule has 0 spiro atoms. The third-order valence-electron chi connectivity index (χ3n) is 1.75. The molecule has 1 aromatic carbocycles. The molecule has 0 amide bonds. The predicted octanol–water partition coefficient (Wildman–Crippen LogP) is 1.48. The van der Waals surface area contributed by atoms with Crippen molar-refractivity contribution in [3.05, 3.63) is 36.2 Å². The van der Waals surface area contributed by atoms with Crippen molar-refractivity contribution in [2.45, 2.75) is 6.42 Å². The maximum absolute atomic E-state index is 10.2. The van der Waals surface area contributed by atoms with Crippen LogP contribution in [0, 0.1) is 0 Å². The molecule has 0 radical (unpaired) electrons. The molecule has 0 aliphatic rings. The first-order valence-corrected chi connectivity index (χ1v) is 4.22. The van der Waals surface area contributed by atoms with Gasteiger partial charge < -0.3 is 9.32 Å². The van der Waals surface area contributed by atoms with E-state index in [1.807, 2.05) is 30.3 Å². The second kappa shape index (κ2) is 3.83. The van der Waals surface area contributed by atoms with Gasteiger partial charge in [-0.1, -0.05) is 23.4 Å². The van der Waals surface area contributed by atoms with Gasteiger partial charge in [-0.05, 0) is 12.1 Å². The molecule has 2 aromatic rings. The van der Waals surface area contributed by atoms with Gasteiger partial charge in [0, 0.05) is 5.56 Å². The third-order valence-corrected chi connectivity index (χ3v) is 1.75. The minimum absolute atomic E-state index is 0.191. The predicted molar refractivity (Wildman–Crippen MR) is 49.5 cm³/mol. The quantitative estimate of drug-likeness (QED) is 0.684. The van der Waals surface area contributed by atoms with E-state index >= 15 is 0 Å². The van der Waals surface area contributed by atoms with Gasteiger partial charge in [-0.15, -0.1) is 0 Å². The number of hydrogen-bond donors (Lipinski definition) is 0. The summed E-state index contributed by atoms with van der Waals surface area (Å²) < 4.78 is 4.98. The number of aldehydes is 1. The van der Waals surface area contributed by atoms with Crippen LogP contribution in [0.5, 0.6) is 0 Å². The van der Waals surface area contributed by atoms with E-state index in [-0.39, 0.29) is 6.42 Å². The van der Waals surface area contributed by atoms with Crippen LogP contribution in [-0.2, 0) is 11.2 Å². The summed E-state index contributed by atoms with van der Waals surface area (Å²) in [5.41, 5.74) is 0.858. The van der Waals surface area contributed by atoms with Crippen LogP contribution in [0.4, 0.5) is 0 Å². The fourth-order valence-corrected chi connectivity index (χ4v) is 1.11. The van der Waals surface area contributed by atoms with E-state index in [0.717, 1.165) is 11.8 Å². The summed E-state index contributed by atoms with van der Waals surface area (Å²) in [6, 6.07) is 9.43. The molecule has 1 heterocycles. The van der Waals surface area contributed by atoms with Gasteiger partial charge in [0.1, 0.15) is 6.29 Å². The van der Waals surface area contributed by atoms with Gasteiger partial charge in [0.2, 0.25) is 0 Å². The lowest BCUT2D eigenvalue weighted by Crippen LogP contribution is -1.87. The number of hydrogen-bond acceptors (Lipinski definition) is 4. The molecule has 0 aliphatic carbocycles. The molecule has 0 unspecified atom stereocenters. The van der Waals surface area contributed by atoms with E-state index in [0.29, 0.717) is 11.7 Å². The zero-order valence-electron chi connectivity index (χ0n) is 7.38. The number of carbonyl (C=O) groups is 1. The largest absolute Gasteiger partial charge is 0.334 e. The molecule has 2 rings (SSSR count). The molecule has 70 valence electrons. The molecule has 4 nitrogen and oxygen atoms in total. The Balaban J connectivity index is 2.29. The van der Waals surface area contributed by atoms with Gasteiger partial charge in [0.15, 0.2) is 5.82 Å². The normalized spacial score (nSPS) is 10.0. The zero-order chi connectivity index (χ0) is 9.80. The maximum Gasteiger partial charge on any atom is 0.257 e. The van der Waals surface area contributed by atoms with Crippen molar-refractivity contribution in [1.29, 1.82) is 0 Å². The highest BCUT2D eigenvalue weighted by atomic mass is 16.5. The van der Waals surface area contributed by atoms with Gasteiger partial charge in [0.05, 0.1) is 6.42 Å².